The summed E-state index contributed by atoms with van der Waals surface area (Å²) in [5.41, 5.74) is 0.862. The maximum atomic E-state index is 11.8. The minimum atomic E-state index is -0.593. The van der Waals surface area contributed by atoms with E-state index in [0.717, 1.165) is 5.69 Å². The van der Waals surface area contributed by atoms with Crippen molar-refractivity contribution >= 4 is 17.6 Å². The van der Waals surface area contributed by atoms with E-state index in [0.29, 0.717) is 12.3 Å². The fourth-order valence-electron chi connectivity index (χ4n) is 1.81. The molecule has 5 heteroatoms. The highest BCUT2D eigenvalue weighted by Crippen LogP contribution is 2.07. The second-order valence-corrected chi connectivity index (χ2v) is 4.99. The van der Waals surface area contributed by atoms with Gasteiger partial charge in [-0.1, -0.05) is 32.0 Å². The molecule has 0 unspecified atom stereocenters. The number of methoxy groups -OCH3 is 1. The van der Waals surface area contributed by atoms with Gasteiger partial charge in [0.05, 0.1) is 13.7 Å². The highest BCUT2D eigenvalue weighted by Gasteiger charge is 2.22. The molecule has 1 amide bonds. The summed E-state index contributed by atoms with van der Waals surface area (Å²) < 4.78 is 4.70. The van der Waals surface area contributed by atoms with Gasteiger partial charge in [-0.25, -0.2) is 4.79 Å². The molecule has 20 heavy (non-hydrogen) atoms. The van der Waals surface area contributed by atoms with Crippen LogP contribution in [0.25, 0.3) is 0 Å². The number of rotatable bonds is 7. The molecule has 1 aromatic rings. The maximum absolute atomic E-state index is 11.8. The summed E-state index contributed by atoms with van der Waals surface area (Å²) in [4.78, 5) is 23.4. The Morgan fingerprint density at radius 1 is 1.20 bits per heavy atom. The predicted molar refractivity (Wildman–Crippen MR) is 78.3 cm³/mol. The van der Waals surface area contributed by atoms with Gasteiger partial charge < -0.3 is 15.4 Å². The second kappa shape index (κ2) is 8.19. The number of hydrogen-bond acceptors (Lipinski definition) is 4. The first kappa shape index (κ1) is 16.0. The van der Waals surface area contributed by atoms with Crippen molar-refractivity contribution in [3.8, 4) is 0 Å². The fraction of sp³-hybridized carbons (Fsp3) is 0.467. The van der Waals surface area contributed by atoms with Gasteiger partial charge in [0.15, 0.2) is 0 Å². The number of carbonyl (C=O) groups is 2. The Hall–Kier alpha value is -2.04. The van der Waals surface area contributed by atoms with Gasteiger partial charge in [0.25, 0.3) is 0 Å². The molecular formula is C15H22N2O3. The minimum Gasteiger partial charge on any atom is -0.467 e. The standard InChI is InChI=1S/C15H22N2O3/c1-11(2)9-13(15(19)20-3)17-14(18)10-16-12-7-5-4-6-8-12/h4-8,11,13,16H,9-10H2,1-3H3,(H,17,18)/t13-/m0/s1. The molecule has 0 saturated heterocycles. The maximum Gasteiger partial charge on any atom is 0.328 e. The van der Waals surface area contributed by atoms with Crippen molar-refractivity contribution in [3.63, 3.8) is 0 Å². The zero-order chi connectivity index (χ0) is 15.0. The molecule has 0 bridgehead atoms. The quantitative estimate of drug-likeness (QED) is 0.746. The van der Waals surface area contributed by atoms with E-state index in [4.69, 9.17) is 4.74 Å². The van der Waals surface area contributed by atoms with Gasteiger partial charge in [0.2, 0.25) is 5.91 Å². The summed E-state index contributed by atoms with van der Waals surface area (Å²) in [6, 6.07) is 8.83. The Morgan fingerprint density at radius 3 is 2.40 bits per heavy atom. The highest BCUT2D eigenvalue weighted by atomic mass is 16.5. The molecule has 1 aromatic carbocycles. The Morgan fingerprint density at radius 2 is 1.85 bits per heavy atom. The van der Waals surface area contributed by atoms with E-state index in [1.807, 2.05) is 44.2 Å². The summed E-state index contributed by atoms with van der Waals surface area (Å²) in [7, 11) is 1.32. The average molecular weight is 278 g/mol. The topological polar surface area (TPSA) is 67.4 Å². The van der Waals surface area contributed by atoms with E-state index in [1.54, 1.807) is 0 Å². The van der Waals surface area contributed by atoms with Gasteiger partial charge in [0, 0.05) is 5.69 Å². The van der Waals surface area contributed by atoms with Gasteiger partial charge in [-0.2, -0.15) is 0 Å². The first-order valence-electron chi connectivity index (χ1n) is 6.69. The molecule has 0 fully saturated rings. The summed E-state index contributed by atoms with van der Waals surface area (Å²) >= 11 is 0. The molecule has 0 heterocycles. The van der Waals surface area contributed by atoms with Crippen LogP contribution in [0.1, 0.15) is 20.3 Å². The SMILES string of the molecule is COC(=O)[C@H](CC(C)C)NC(=O)CNc1ccccc1. The van der Waals surface area contributed by atoms with Crippen LogP contribution in [-0.4, -0.2) is 31.6 Å². The Kier molecular flexibility index (Phi) is 6.56. The van der Waals surface area contributed by atoms with Crippen LogP contribution in [0.2, 0.25) is 0 Å². The fourth-order valence-corrected chi connectivity index (χ4v) is 1.81. The van der Waals surface area contributed by atoms with Crippen LogP contribution < -0.4 is 10.6 Å². The summed E-state index contributed by atoms with van der Waals surface area (Å²) in [6.45, 7) is 4.10. The molecule has 0 aliphatic heterocycles. The Balaban J connectivity index is 2.47. The van der Waals surface area contributed by atoms with Gasteiger partial charge in [0.1, 0.15) is 6.04 Å². The molecular weight excluding hydrogens is 256 g/mol. The zero-order valence-corrected chi connectivity index (χ0v) is 12.2. The van der Waals surface area contributed by atoms with Crippen molar-refractivity contribution in [3.05, 3.63) is 30.3 Å². The van der Waals surface area contributed by atoms with Crippen LogP contribution in [0.4, 0.5) is 5.69 Å². The molecule has 0 aliphatic rings. The predicted octanol–water partition coefficient (Wildman–Crippen LogP) is 1.80. The molecule has 0 aromatic heterocycles. The van der Waals surface area contributed by atoms with Crippen molar-refractivity contribution in [2.24, 2.45) is 5.92 Å². The van der Waals surface area contributed by atoms with Crippen molar-refractivity contribution < 1.29 is 14.3 Å². The van der Waals surface area contributed by atoms with Crippen molar-refractivity contribution in [1.29, 1.82) is 0 Å². The van der Waals surface area contributed by atoms with Gasteiger partial charge >= 0.3 is 5.97 Å². The van der Waals surface area contributed by atoms with Gasteiger partial charge in [-0.3, -0.25) is 4.79 Å². The summed E-state index contributed by atoms with van der Waals surface area (Å²) in [5, 5.41) is 5.69. The van der Waals surface area contributed by atoms with Crippen LogP contribution in [-0.2, 0) is 14.3 Å². The van der Waals surface area contributed by atoms with Crippen LogP contribution in [0.3, 0.4) is 0 Å². The lowest BCUT2D eigenvalue weighted by molar-refractivity contribution is -0.145. The average Bonchev–Trinajstić information content (AvgIpc) is 2.44. The highest BCUT2D eigenvalue weighted by molar-refractivity contribution is 5.86. The smallest absolute Gasteiger partial charge is 0.328 e. The van der Waals surface area contributed by atoms with Crippen molar-refractivity contribution in [1.82, 2.24) is 5.32 Å². The lowest BCUT2D eigenvalue weighted by Crippen LogP contribution is -2.44. The van der Waals surface area contributed by atoms with E-state index in [2.05, 4.69) is 10.6 Å². The molecule has 0 saturated carbocycles. The molecule has 1 atom stereocenters. The summed E-state index contributed by atoms with van der Waals surface area (Å²) in [6.07, 6.45) is 0.559. The molecule has 0 radical (unpaired) electrons. The zero-order valence-electron chi connectivity index (χ0n) is 12.2. The molecule has 0 aliphatic carbocycles. The molecule has 1 rings (SSSR count). The number of para-hydroxylation sites is 1. The number of carbonyl (C=O) groups excluding carboxylic acids is 2. The minimum absolute atomic E-state index is 0.121. The Labute approximate surface area is 119 Å². The number of esters is 1. The van der Waals surface area contributed by atoms with Gasteiger partial charge in [-0.15, -0.1) is 0 Å². The summed E-state index contributed by atoms with van der Waals surface area (Å²) in [5.74, 6) is -0.349. The largest absolute Gasteiger partial charge is 0.467 e. The first-order chi connectivity index (χ1) is 9.52. The third-order valence-electron chi connectivity index (χ3n) is 2.75. The van der Waals surface area contributed by atoms with E-state index in [-0.39, 0.29) is 12.5 Å². The van der Waals surface area contributed by atoms with Crippen LogP contribution in [0.5, 0.6) is 0 Å². The molecule has 2 N–H and O–H groups in total. The normalized spacial score (nSPS) is 11.8. The Bertz CT molecular complexity index is 432. The van der Waals surface area contributed by atoms with Crippen LogP contribution in [0, 0.1) is 5.92 Å². The van der Waals surface area contributed by atoms with Crippen molar-refractivity contribution in [2.75, 3.05) is 19.0 Å². The number of ether oxygens (including phenoxy) is 1. The lowest BCUT2D eigenvalue weighted by Gasteiger charge is -2.18. The van der Waals surface area contributed by atoms with Crippen LogP contribution in [0.15, 0.2) is 30.3 Å². The number of hydrogen-bond donors (Lipinski definition) is 2. The molecule has 5 nitrogen and oxygen atoms in total. The first-order valence-corrected chi connectivity index (χ1v) is 6.69. The van der Waals surface area contributed by atoms with E-state index in [9.17, 15) is 9.59 Å². The number of amides is 1. The van der Waals surface area contributed by atoms with Gasteiger partial charge in [-0.05, 0) is 24.5 Å². The third kappa shape index (κ3) is 5.73. The van der Waals surface area contributed by atoms with E-state index >= 15 is 0 Å². The van der Waals surface area contributed by atoms with Crippen molar-refractivity contribution in [2.45, 2.75) is 26.3 Å². The molecule has 110 valence electrons. The third-order valence-corrected chi connectivity index (χ3v) is 2.75. The van der Waals surface area contributed by atoms with Crippen LogP contribution >= 0.6 is 0 Å². The van der Waals surface area contributed by atoms with E-state index in [1.165, 1.54) is 7.11 Å². The number of anilines is 1. The number of benzene rings is 1. The monoisotopic (exact) mass is 278 g/mol. The van der Waals surface area contributed by atoms with E-state index < -0.39 is 12.0 Å². The lowest BCUT2D eigenvalue weighted by atomic mass is 10.0. The second-order valence-electron chi connectivity index (χ2n) is 4.99. The molecule has 0 spiro atoms. The number of nitrogens with one attached hydrogen (secondary N) is 2.